The molecule has 2 N–H and O–H groups in total. The normalized spacial score (nSPS) is 10.2. The molecule has 1 heterocycles. The lowest BCUT2D eigenvalue weighted by Crippen LogP contribution is -2.12. The van der Waals surface area contributed by atoms with Crippen LogP contribution in [0.5, 0.6) is 0 Å². The molecular weight excluding hydrogens is 264 g/mol. The number of nitrogens with zero attached hydrogens (tertiary/aromatic N) is 1. The van der Waals surface area contributed by atoms with Crippen LogP contribution in [-0.4, -0.2) is 22.0 Å². The molecule has 1 aromatic heterocycles. The van der Waals surface area contributed by atoms with E-state index >= 15 is 0 Å². The number of hydrogen-bond donors (Lipinski definition) is 2. The molecule has 0 spiro atoms. The highest BCUT2D eigenvalue weighted by Crippen LogP contribution is 2.13. The molecule has 98 valence electrons. The molecule has 2 rings (SSSR count). The smallest absolute Gasteiger partial charge is 0.307 e. The predicted octanol–water partition coefficient (Wildman–Crippen LogP) is 2.33. The van der Waals surface area contributed by atoms with Crippen molar-refractivity contribution in [2.24, 2.45) is 0 Å². The van der Waals surface area contributed by atoms with E-state index in [2.05, 4.69) is 10.3 Å². The van der Waals surface area contributed by atoms with Gasteiger partial charge in [-0.05, 0) is 24.6 Å². The standard InChI is InChI=1S/C13H12N2O3S/c1-8-14-11(7-19-8)13(18)15-10-4-2-9(3-5-10)6-12(16)17/h2-5,7H,6H2,1H3,(H,15,18)(H,16,17). The number of rotatable bonds is 4. The Balaban J connectivity index is 2.03. The zero-order valence-corrected chi connectivity index (χ0v) is 11.0. The Kier molecular flexibility index (Phi) is 3.91. The van der Waals surface area contributed by atoms with E-state index < -0.39 is 5.97 Å². The molecule has 2 aromatic rings. The van der Waals surface area contributed by atoms with Crippen molar-refractivity contribution in [1.29, 1.82) is 0 Å². The van der Waals surface area contributed by atoms with Gasteiger partial charge in [-0.15, -0.1) is 11.3 Å². The minimum Gasteiger partial charge on any atom is -0.481 e. The van der Waals surface area contributed by atoms with Gasteiger partial charge in [-0.2, -0.15) is 0 Å². The number of anilines is 1. The van der Waals surface area contributed by atoms with Crippen molar-refractivity contribution < 1.29 is 14.7 Å². The van der Waals surface area contributed by atoms with Crippen LogP contribution in [0.25, 0.3) is 0 Å². The highest BCUT2D eigenvalue weighted by molar-refractivity contribution is 7.09. The van der Waals surface area contributed by atoms with Crippen LogP contribution in [0, 0.1) is 6.92 Å². The SMILES string of the molecule is Cc1nc(C(=O)Nc2ccc(CC(=O)O)cc2)cs1. The highest BCUT2D eigenvalue weighted by Gasteiger charge is 2.09. The van der Waals surface area contributed by atoms with Gasteiger partial charge in [0.2, 0.25) is 0 Å². The number of amides is 1. The summed E-state index contributed by atoms with van der Waals surface area (Å²) in [6.45, 7) is 1.84. The summed E-state index contributed by atoms with van der Waals surface area (Å²) < 4.78 is 0. The Morgan fingerprint density at radius 3 is 2.53 bits per heavy atom. The van der Waals surface area contributed by atoms with Crippen LogP contribution in [0.15, 0.2) is 29.6 Å². The summed E-state index contributed by atoms with van der Waals surface area (Å²) in [6, 6.07) is 6.71. The molecule has 0 radical (unpaired) electrons. The highest BCUT2D eigenvalue weighted by atomic mass is 32.1. The van der Waals surface area contributed by atoms with E-state index in [9.17, 15) is 9.59 Å². The van der Waals surface area contributed by atoms with Gasteiger partial charge < -0.3 is 10.4 Å². The first kappa shape index (κ1) is 13.2. The lowest BCUT2D eigenvalue weighted by molar-refractivity contribution is -0.136. The number of nitrogens with one attached hydrogen (secondary N) is 1. The van der Waals surface area contributed by atoms with Gasteiger partial charge in [0.1, 0.15) is 5.69 Å². The third-order valence-electron chi connectivity index (χ3n) is 2.42. The Hall–Kier alpha value is -2.21. The number of benzene rings is 1. The fourth-order valence-electron chi connectivity index (χ4n) is 1.54. The molecule has 6 heteroatoms. The van der Waals surface area contributed by atoms with E-state index in [1.54, 1.807) is 29.6 Å². The second-order valence-corrected chi connectivity index (χ2v) is 5.04. The summed E-state index contributed by atoms with van der Waals surface area (Å²) in [6.07, 6.45) is -0.0283. The van der Waals surface area contributed by atoms with E-state index in [4.69, 9.17) is 5.11 Å². The van der Waals surface area contributed by atoms with E-state index in [0.29, 0.717) is 16.9 Å². The molecule has 1 amide bonds. The lowest BCUT2D eigenvalue weighted by atomic mass is 10.1. The number of aliphatic carboxylic acids is 1. The zero-order chi connectivity index (χ0) is 13.8. The number of aromatic nitrogens is 1. The molecule has 1 aromatic carbocycles. The number of carboxylic acids is 1. The maximum absolute atomic E-state index is 11.8. The Morgan fingerprint density at radius 2 is 2.00 bits per heavy atom. The van der Waals surface area contributed by atoms with Crippen molar-refractivity contribution >= 4 is 28.9 Å². The average molecular weight is 276 g/mol. The molecule has 0 aliphatic heterocycles. The summed E-state index contributed by atoms with van der Waals surface area (Å²) in [7, 11) is 0. The number of hydrogen-bond acceptors (Lipinski definition) is 4. The van der Waals surface area contributed by atoms with Crippen LogP contribution in [-0.2, 0) is 11.2 Å². The number of carbonyl (C=O) groups excluding carboxylic acids is 1. The largest absolute Gasteiger partial charge is 0.481 e. The average Bonchev–Trinajstić information content (AvgIpc) is 2.78. The fraction of sp³-hybridized carbons (Fsp3) is 0.154. The Bertz CT molecular complexity index is 605. The van der Waals surface area contributed by atoms with Gasteiger partial charge in [0.15, 0.2) is 0 Å². The van der Waals surface area contributed by atoms with Gasteiger partial charge in [-0.25, -0.2) is 4.98 Å². The van der Waals surface area contributed by atoms with Gasteiger partial charge in [-0.3, -0.25) is 9.59 Å². The molecule has 0 unspecified atom stereocenters. The Labute approximate surface area is 113 Å². The first-order valence-electron chi connectivity index (χ1n) is 5.59. The maximum Gasteiger partial charge on any atom is 0.307 e. The summed E-state index contributed by atoms with van der Waals surface area (Å²) in [5, 5.41) is 13.9. The van der Waals surface area contributed by atoms with Gasteiger partial charge in [-0.1, -0.05) is 12.1 Å². The maximum atomic E-state index is 11.8. The quantitative estimate of drug-likeness (QED) is 0.898. The van der Waals surface area contributed by atoms with Crippen molar-refractivity contribution in [2.45, 2.75) is 13.3 Å². The van der Waals surface area contributed by atoms with Crippen LogP contribution in [0.2, 0.25) is 0 Å². The molecule has 0 aliphatic rings. The first-order valence-corrected chi connectivity index (χ1v) is 6.47. The lowest BCUT2D eigenvalue weighted by Gasteiger charge is -2.04. The Morgan fingerprint density at radius 1 is 1.32 bits per heavy atom. The fourth-order valence-corrected chi connectivity index (χ4v) is 2.14. The molecule has 5 nitrogen and oxygen atoms in total. The van der Waals surface area contributed by atoms with E-state index in [-0.39, 0.29) is 12.3 Å². The number of aryl methyl sites for hydroxylation is 1. The van der Waals surface area contributed by atoms with Crippen LogP contribution in [0.1, 0.15) is 21.1 Å². The predicted molar refractivity (Wildman–Crippen MR) is 72.6 cm³/mol. The molecular formula is C13H12N2O3S. The number of thiazole rings is 1. The van der Waals surface area contributed by atoms with Gasteiger partial charge >= 0.3 is 5.97 Å². The molecule has 0 saturated carbocycles. The summed E-state index contributed by atoms with van der Waals surface area (Å²) in [4.78, 5) is 26.5. The van der Waals surface area contributed by atoms with Gasteiger partial charge in [0, 0.05) is 11.1 Å². The van der Waals surface area contributed by atoms with Crippen LogP contribution >= 0.6 is 11.3 Å². The van der Waals surface area contributed by atoms with Crippen LogP contribution < -0.4 is 5.32 Å². The van der Waals surface area contributed by atoms with Crippen molar-refractivity contribution in [3.63, 3.8) is 0 Å². The number of carboxylic acid groups (broad SMARTS) is 1. The van der Waals surface area contributed by atoms with E-state index in [1.807, 2.05) is 6.92 Å². The van der Waals surface area contributed by atoms with Crippen molar-refractivity contribution in [1.82, 2.24) is 4.98 Å². The van der Waals surface area contributed by atoms with Gasteiger partial charge in [0.05, 0.1) is 11.4 Å². The van der Waals surface area contributed by atoms with E-state index in [1.165, 1.54) is 11.3 Å². The summed E-state index contributed by atoms with van der Waals surface area (Å²) >= 11 is 1.42. The summed E-state index contributed by atoms with van der Waals surface area (Å²) in [5.74, 6) is -1.15. The van der Waals surface area contributed by atoms with Crippen molar-refractivity contribution in [2.75, 3.05) is 5.32 Å². The van der Waals surface area contributed by atoms with Crippen molar-refractivity contribution in [3.8, 4) is 0 Å². The third-order valence-corrected chi connectivity index (χ3v) is 3.19. The monoisotopic (exact) mass is 276 g/mol. The van der Waals surface area contributed by atoms with Crippen molar-refractivity contribution in [3.05, 3.63) is 45.9 Å². The number of carbonyl (C=O) groups is 2. The van der Waals surface area contributed by atoms with Crippen LogP contribution in [0.3, 0.4) is 0 Å². The molecule has 19 heavy (non-hydrogen) atoms. The minimum atomic E-state index is -0.880. The minimum absolute atomic E-state index is 0.0283. The zero-order valence-electron chi connectivity index (χ0n) is 10.2. The topological polar surface area (TPSA) is 79.3 Å². The second-order valence-electron chi connectivity index (χ2n) is 3.97. The molecule has 0 saturated heterocycles. The van der Waals surface area contributed by atoms with Gasteiger partial charge in [0.25, 0.3) is 5.91 Å². The van der Waals surface area contributed by atoms with Crippen LogP contribution in [0.4, 0.5) is 5.69 Å². The summed E-state index contributed by atoms with van der Waals surface area (Å²) in [5.41, 5.74) is 1.69. The molecule has 0 atom stereocenters. The first-order chi connectivity index (χ1) is 9.04. The molecule has 0 aliphatic carbocycles. The molecule has 0 fully saturated rings. The molecule has 0 bridgehead atoms. The second kappa shape index (κ2) is 5.62. The van der Waals surface area contributed by atoms with E-state index in [0.717, 1.165) is 5.01 Å². The third kappa shape index (κ3) is 3.62.